The van der Waals surface area contributed by atoms with E-state index in [0.29, 0.717) is 5.92 Å². The summed E-state index contributed by atoms with van der Waals surface area (Å²) in [4.78, 5) is 4.99. The summed E-state index contributed by atoms with van der Waals surface area (Å²) >= 11 is -3.35. The van der Waals surface area contributed by atoms with E-state index in [1.807, 2.05) is 0 Å². The SMILES string of the molecule is Cl.Cl.[CH2]=[Ti]([CH3])([CH2]CO[Si](C)(C)C)([NH]C(C)(C)C)[C]1=C(C)C(C)=C(C)C1C. The fourth-order valence-electron chi connectivity index (χ4n) is 4.53. The van der Waals surface area contributed by atoms with Crippen molar-refractivity contribution in [2.24, 2.45) is 5.92 Å². The van der Waals surface area contributed by atoms with Crippen molar-refractivity contribution in [3.8, 4) is 0 Å². The van der Waals surface area contributed by atoms with E-state index in [9.17, 15) is 0 Å². The van der Waals surface area contributed by atoms with Crippen molar-refractivity contribution < 1.29 is 19.5 Å². The van der Waals surface area contributed by atoms with E-state index in [1.165, 1.54) is 16.7 Å². The van der Waals surface area contributed by atoms with Crippen LogP contribution in [-0.2, 0) is 19.5 Å². The van der Waals surface area contributed by atoms with Crippen molar-refractivity contribution in [2.75, 3.05) is 6.61 Å². The molecule has 1 atom stereocenters. The Morgan fingerprint density at radius 3 is 1.85 bits per heavy atom. The van der Waals surface area contributed by atoms with Gasteiger partial charge < -0.3 is 0 Å². The molecule has 0 aromatic rings. The molecule has 0 aliphatic heterocycles. The van der Waals surface area contributed by atoms with Crippen molar-refractivity contribution in [1.82, 2.24) is 3.80 Å². The summed E-state index contributed by atoms with van der Waals surface area (Å²) in [5.74, 6) is 0.506. The maximum absolute atomic E-state index is 6.26. The van der Waals surface area contributed by atoms with Crippen LogP contribution >= 0.6 is 24.8 Å². The topological polar surface area (TPSA) is 21.3 Å². The Hall–Kier alpha value is 0.781. The third-order valence-electron chi connectivity index (χ3n) is 5.48. The zero-order valence-electron chi connectivity index (χ0n) is 18.9. The van der Waals surface area contributed by atoms with Crippen LogP contribution in [0.3, 0.4) is 0 Å². The molecule has 0 heterocycles. The molecule has 0 aromatic heterocycles. The third kappa shape index (κ3) is 6.99. The molecule has 1 unspecified atom stereocenters. The summed E-state index contributed by atoms with van der Waals surface area (Å²) in [5.41, 5.74) is 4.54. The predicted molar refractivity (Wildman–Crippen MR) is 125 cm³/mol. The Bertz CT molecular complexity index is 641. The molecule has 0 spiro atoms. The van der Waals surface area contributed by atoms with Gasteiger partial charge in [0.1, 0.15) is 0 Å². The Balaban J connectivity index is 0. The zero-order valence-corrected chi connectivity index (χ0v) is 23.1. The molecule has 0 fully saturated rings. The number of allylic oxidation sites excluding steroid dienone is 4. The molecule has 0 aromatic carbocycles. The Kier molecular flexibility index (Phi) is 10.1. The average molecular weight is 460 g/mol. The fourth-order valence-corrected chi connectivity index (χ4v) is 15.1. The number of nitrogens with one attached hydrogen (secondary N) is 1. The van der Waals surface area contributed by atoms with Gasteiger partial charge in [0.05, 0.1) is 0 Å². The van der Waals surface area contributed by atoms with Gasteiger partial charge in [-0.1, -0.05) is 0 Å². The molecule has 0 radical (unpaired) electrons. The van der Waals surface area contributed by atoms with Gasteiger partial charge in [-0.2, -0.15) is 0 Å². The molecule has 1 aliphatic carbocycles. The summed E-state index contributed by atoms with van der Waals surface area (Å²) in [6.07, 6.45) is 0. The minimum absolute atomic E-state index is 0. The van der Waals surface area contributed by atoms with E-state index >= 15 is 0 Å². The number of hydrogen-bond donors (Lipinski definition) is 1. The summed E-state index contributed by atoms with van der Waals surface area (Å²) in [6.45, 7) is 23.7. The van der Waals surface area contributed by atoms with Crippen LogP contribution in [0.4, 0.5) is 0 Å². The van der Waals surface area contributed by atoms with Crippen LogP contribution in [0.1, 0.15) is 48.5 Å². The van der Waals surface area contributed by atoms with Crippen LogP contribution in [0.2, 0.25) is 29.6 Å². The number of halogens is 2. The Morgan fingerprint density at radius 1 is 1.08 bits per heavy atom. The quantitative estimate of drug-likeness (QED) is 0.439. The van der Waals surface area contributed by atoms with Gasteiger partial charge in [-0.3, -0.25) is 0 Å². The monoisotopic (exact) mass is 459 g/mol. The predicted octanol–water partition coefficient (Wildman–Crippen LogP) is 6.83. The first kappa shape index (κ1) is 29.0. The van der Waals surface area contributed by atoms with Crippen molar-refractivity contribution in [3.05, 3.63) is 20.6 Å². The van der Waals surface area contributed by atoms with E-state index in [1.54, 1.807) is 3.88 Å². The zero-order chi connectivity index (χ0) is 19.2. The van der Waals surface area contributed by atoms with E-state index in [2.05, 4.69) is 77.1 Å². The molecule has 1 aliphatic rings. The molecule has 156 valence electrons. The number of rotatable bonds is 6. The molecule has 0 bridgehead atoms. The second-order valence-corrected chi connectivity index (χ2v) is 24.1. The number of hydrogen-bond acceptors (Lipinski definition) is 2. The summed E-state index contributed by atoms with van der Waals surface area (Å²) in [5, 5.41) is 2.47. The summed E-state index contributed by atoms with van der Waals surface area (Å²) in [7, 11) is -1.50. The van der Waals surface area contributed by atoms with Gasteiger partial charge in [0, 0.05) is 0 Å². The average Bonchev–Trinajstić information content (AvgIpc) is 2.49. The minimum atomic E-state index is -3.35. The fraction of sp³-hybridized carbons (Fsp3) is 0.750. The van der Waals surface area contributed by atoms with Crippen LogP contribution in [-0.4, -0.2) is 25.3 Å². The molecule has 1 rings (SSSR count). The third-order valence-corrected chi connectivity index (χ3v) is 15.0. The van der Waals surface area contributed by atoms with E-state index in [0.717, 1.165) is 11.3 Å². The molecular formula is C20H43Cl2NOSiTi. The second kappa shape index (κ2) is 9.07. The maximum atomic E-state index is 6.26. The van der Waals surface area contributed by atoms with Crippen LogP contribution in [0, 0.1) is 5.92 Å². The van der Waals surface area contributed by atoms with Gasteiger partial charge in [0.15, 0.2) is 0 Å². The van der Waals surface area contributed by atoms with Gasteiger partial charge in [-0.05, 0) is 0 Å². The molecule has 26 heavy (non-hydrogen) atoms. The van der Waals surface area contributed by atoms with Crippen LogP contribution in [0.15, 0.2) is 20.6 Å². The van der Waals surface area contributed by atoms with Crippen LogP contribution in [0.25, 0.3) is 0 Å². The molecule has 1 N–H and O–H groups in total. The van der Waals surface area contributed by atoms with E-state index in [4.69, 9.17) is 9.24 Å². The van der Waals surface area contributed by atoms with Crippen molar-refractivity contribution >= 4 is 37.9 Å². The Morgan fingerprint density at radius 2 is 1.54 bits per heavy atom. The van der Waals surface area contributed by atoms with E-state index < -0.39 is 23.4 Å². The van der Waals surface area contributed by atoms with Crippen LogP contribution < -0.4 is 3.80 Å². The molecule has 0 amide bonds. The second-order valence-electron chi connectivity index (χ2n) is 10.4. The molecule has 2 nitrogen and oxygen atoms in total. The first-order valence-electron chi connectivity index (χ1n) is 9.35. The van der Waals surface area contributed by atoms with E-state index in [-0.39, 0.29) is 30.4 Å². The van der Waals surface area contributed by atoms with Crippen molar-refractivity contribution in [1.29, 1.82) is 0 Å². The van der Waals surface area contributed by atoms with Crippen molar-refractivity contribution in [2.45, 2.75) is 83.6 Å². The first-order chi connectivity index (χ1) is 10.5. The summed E-state index contributed by atoms with van der Waals surface area (Å²) in [6, 6.07) is 0. The van der Waals surface area contributed by atoms with Crippen LogP contribution in [0.5, 0.6) is 0 Å². The molecular weight excluding hydrogens is 417 g/mol. The summed E-state index contributed by atoms with van der Waals surface area (Å²) < 4.78 is 13.0. The van der Waals surface area contributed by atoms with Gasteiger partial charge in [-0.25, -0.2) is 0 Å². The van der Waals surface area contributed by atoms with Gasteiger partial charge in [-0.15, -0.1) is 24.8 Å². The van der Waals surface area contributed by atoms with Gasteiger partial charge in [0.2, 0.25) is 0 Å². The standard InChI is InChI=1S/C9H13.C5H13OSi.C4H10N.CH3.CH2.2ClH.Ti/c1-6-5-7(2)9(4)8(6)3;1-5-6-7(2,3)4;1-4(2,3)5;;;;;/h6H,1-4H3;1,5H2,2-4H3;5H,1-3H3;1H3;1H2;2*1H;/q;;-1;;;;;+1. The van der Waals surface area contributed by atoms with Gasteiger partial charge in [0.25, 0.3) is 0 Å². The Labute approximate surface area is 177 Å². The van der Waals surface area contributed by atoms with Gasteiger partial charge >= 0.3 is 153 Å². The molecule has 0 saturated carbocycles. The molecule has 6 heteroatoms. The normalized spacial score (nSPS) is 19.5. The molecule has 0 saturated heterocycles. The van der Waals surface area contributed by atoms with Crippen molar-refractivity contribution in [3.63, 3.8) is 0 Å². The first-order valence-corrected chi connectivity index (χ1v) is 18.1.